The Morgan fingerprint density at radius 3 is 2.73 bits per heavy atom. The minimum absolute atomic E-state index is 0.0428. The molecule has 1 atom stereocenters. The van der Waals surface area contributed by atoms with Gasteiger partial charge in [-0.1, -0.05) is 49.2 Å². The quantitative estimate of drug-likeness (QED) is 0.0761. The van der Waals surface area contributed by atoms with Crippen LogP contribution in [0.3, 0.4) is 0 Å². The summed E-state index contributed by atoms with van der Waals surface area (Å²) in [6.07, 6.45) is 8.33. The van der Waals surface area contributed by atoms with Crippen molar-refractivity contribution in [2.75, 3.05) is 51.3 Å². The molecule has 1 saturated heterocycles. The largest absolute Gasteiger partial charge is 0.455 e. The second-order valence-corrected chi connectivity index (χ2v) is 18.6. The molecule has 4 heterocycles. The van der Waals surface area contributed by atoms with Gasteiger partial charge in [-0.2, -0.15) is 0 Å². The van der Waals surface area contributed by atoms with E-state index in [1.54, 1.807) is 36.5 Å². The molecule has 0 radical (unpaired) electrons. The molecule has 5 aromatic rings. The van der Waals surface area contributed by atoms with Crippen LogP contribution < -0.4 is 14.8 Å². The zero-order valence-corrected chi connectivity index (χ0v) is 35.8. The summed E-state index contributed by atoms with van der Waals surface area (Å²) in [6.45, 7) is 7.85. The molecule has 1 aliphatic carbocycles. The van der Waals surface area contributed by atoms with E-state index in [2.05, 4.69) is 44.8 Å². The van der Waals surface area contributed by atoms with Gasteiger partial charge in [0.15, 0.2) is 0 Å². The van der Waals surface area contributed by atoms with E-state index < -0.39 is 31.4 Å². The summed E-state index contributed by atoms with van der Waals surface area (Å²) in [4.78, 5) is 34.5. The maximum atomic E-state index is 15.2. The lowest BCUT2D eigenvalue weighted by Gasteiger charge is -2.36. The van der Waals surface area contributed by atoms with Crippen LogP contribution in [0.1, 0.15) is 61.0 Å². The van der Waals surface area contributed by atoms with Gasteiger partial charge in [-0.25, -0.2) is 22.5 Å². The molecule has 0 bridgehead atoms. The molecule has 2 aliphatic heterocycles. The van der Waals surface area contributed by atoms with E-state index in [0.29, 0.717) is 61.3 Å². The van der Waals surface area contributed by atoms with Crippen molar-refractivity contribution in [3.8, 4) is 11.5 Å². The van der Waals surface area contributed by atoms with Crippen molar-refractivity contribution in [3.63, 3.8) is 0 Å². The Morgan fingerprint density at radius 1 is 1.11 bits per heavy atom. The molecule has 8 rings (SSSR count). The monoisotopic (exact) mass is 884 g/mol. The number of pyridine rings is 1. The number of carbonyl (C=O) groups excluding carboxylic acids is 1. The molecule has 17 heteroatoms. The molecule has 2 aromatic heterocycles. The zero-order chi connectivity index (χ0) is 43.6. The van der Waals surface area contributed by atoms with Crippen LogP contribution in [0.2, 0.25) is 5.02 Å². The zero-order valence-electron chi connectivity index (χ0n) is 34.2. The lowest BCUT2D eigenvalue weighted by molar-refractivity contribution is -0.384. The highest BCUT2D eigenvalue weighted by Crippen LogP contribution is 2.44. The van der Waals surface area contributed by atoms with Crippen molar-refractivity contribution in [3.05, 3.63) is 128 Å². The first-order chi connectivity index (χ1) is 29.7. The summed E-state index contributed by atoms with van der Waals surface area (Å²) >= 11 is 6.10. The number of halogens is 2. The molecule has 0 unspecified atom stereocenters. The van der Waals surface area contributed by atoms with Gasteiger partial charge >= 0.3 is 0 Å². The van der Waals surface area contributed by atoms with Crippen LogP contribution in [0.15, 0.2) is 95.7 Å². The van der Waals surface area contributed by atoms with Gasteiger partial charge in [-0.3, -0.25) is 19.8 Å². The number of aromatic amines is 1. The van der Waals surface area contributed by atoms with Crippen LogP contribution in [0.25, 0.3) is 22.2 Å². The number of hydrogen-bond donors (Lipinski definition) is 3. The molecule has 14 nitrogen and oxygen atoms in total. The van der Waals surface area contributed by atoms with Crippen molar-refractivity contribution in [2.24, 2.45) is 5.41 Å². The number of hydrogen-bond acceptors (Lipinski definition) is 11. The summed E-state index contributed by atoms with van der Waals surface area (Å²) in [5.41, 5.74) is 4.84. The Bertz CT molecular complexity index is 2710. The fourth-order valence-electron chi connectivity index (χ4n) is 8.10. The molecule has 324 valence electrons. The summed E-state index contributed by atoms with van der Waals surface area (Å²) in [7, 11) is -4.60. The van der Waals surface area contributed by atoms with Gasteiger partial charge in [0.2, 0.25) is 0 Å². The van der Waals surface area contributed by atoms with Gasteiger partial charge in [-0.05, 0) is 96.3 Å². The average Bonchev–Trinajstić information content (AvgIpc) is 3.72. The molecular formula is C45H46ClFN6O8S. The molecule has 0 spiro atoms. The highest BCUT2D eigenvalue weighted by atomic mass is 35.5. The SMILES string of the molecule is CC1(C)CCC(CN2CC=C(c3ccc(C(=O)NS(=O)(=O)c4ccc(NC[C@@H]5COCCO5)c([N+](=O)[O-])c4)c(Oc4cnc5[nH]ccc5c4)c3)CC2)=C(c2ccc(Cl)cc2F)C1. The Balaban J connectivity index is 1.03. The smallest absolute Gasteiger partial charge is 0.293 e. The first-order valence-electron chi connectivity index (χ1n) is 20.3. The molecule has 3 aliphatic rings. The Morgan fingerprint density at radius 2 is 1.97 bits per heavy atom. The average molecular weight is 885 g/mol. The van der Waals surface area contributed by atoms with Crippen LogP contribution in [-0.4, -0.2) is 86.2 Å². The fraction of sp³-hybridized carbons (Fsp3) is 0.333. The Hall–Kier alpha value is -5.65. The van der Waals surface area contributed by atoms with Gasteiger partial charge in [0.1, 0.15) is 28.7 Å². The molecule has 62 heavy (non-hydrogen) atoms. The lowest BCUT2D eigenvalue weighted by atomic mass is 9.72. The van der Waals surface area contributed by atoms with Crippen LogP contribution in [0, 0.1) is 21.3 Å². The number of carbonyl (C=O) groups is 1. The number of amides is 1. The second kappa shape index (κ2) is 18.0. The number of rotatable bonds is 13. The number of nitro benzene ring substituents is 1. The molecule has 3 aromatic carbocycles. The van der Waals surface area contributed by atoms with Crippen molar-refractivity contribution < 1.29 is 36.7 Å². The topological polar surface area (TPSA) is 178 Å². The summed E-state index contributed by atoms with van der Waals surface area (Å²) in [5.74, 6) is -0.916. The normalized spacial score (nSPS) is 18.3. The van der Waals surface area contributed by atoms with Crippen LogP contribution in [-0.2, 0) is 19.5 Å². The van der Waals surface area contributed by atoms with E-state index in [-0.39, 0.29) is 40.9 Å². The van der Waals surface area contributed by atoms with Crippen molar-refractivity contribution in [1.29, 1.82) is 0 Å². The maximum absolute atomic E-state index is 15.2. The molecular weight excluding hydrogens is 839 g/mol. The van der Waals surface area contributed by atoms with E-state index in [1.165, 1.54) is 36.0 Å². The van der Waals surface area contributed by atoms with Gasteiger partial charge in [0.25, 0.3) is 21.6 Å². The van der Waals surface area contributed by atoms with Crippen molar-refractivity contribution >= 4 is 61.1 Å². The standard InChI is InChI=1S/C45H46ClFN6O8S/c1-45(2)13-9-31(38(23-45)36-7-4-32(46)21-39(36)47)26-52-15-11-28(12-16-52)29-3-6-37(42(20-29)61-33-19-30-10-14-48-43(30)50-24-33)44(54)51-62(57,58)35-5-8-40(41(22-35)53(55)56)49-25-34-27-59-17-18-60-34/h3-8,10-11,14,19-22,24,34,49H,9,12-13,15-18,23,25-27H2,1-2H3,(H,48,50)(H,51,54)/t34-/m1/s1. The number of sulfonamides is 1. The summed E-state index contributed by atoms with van der Waals surface area (Å²) in [5, 5.41) is 16.1. The maximum Gasteiger partial charge on any atom is 0.293 e. The summed E-state index contributed by atoms with van der Waals surface area (Å²) in [6, 6.07) is 16.7. The number of benzene rings is 3. The first-order valence-corrected chi connectivity index (χ1v) is 22.2. The second-order valence-electron chi connectivity index (χ2n) is 16.5. The van der Waals surface area contributed by atoms with E-state index in [0.717, 1.165) is 54.0 Å². The first kappa shape index (κ1) is 43.0. The minimum Gasteiger partial charge on any atom is -0.455 e. The number of nitrogens with zero attached hydrogens (tertiary/aromatic N) is 3. The number of nitrogens with one attached hydrogen (secondary N) is 3. The third-order valence-electron chi connectivity index (χ3n) is 11.5. The van der Waals surface area contributed by atoms with Gasteiger partial charge < -0.3 is 24.5 Å². The van der Waals surface area contributed by atoms with E-state index in [9.17, 15) is 23.3 Å². The predicted molar refractivity (Wildman–Crippen MR) is 234 cm³/mol. The van der Waals surface area contributed by atoms with Gasteiger partial charge in [0, 0.05) is 54.4 Å². The fourth-order valence-corrected chi connectivity index (χ4v) is 9.25. The minimum atomic E-state index is -4.60. The number of nitro groups is 1. The van der Waals surface area contributed by atoms with E-state index in [4.69, 9.17) is 25.8 Å². The highest BCUT2D eigenvalue weighted by Gasteiger charge is 2.31. The van der Waals surface area contributed by atoms with Gasteiger partial charge in [0.05, 0.1) is 47.5 Å². The predicted octanol–water partition coefficient (Wildman–Crippen LogP) is 8.75. The molecule has 1 fully saturated rings. The molecule has 3 N–H and O–H groups in total. The number of fused-ring (bicyclic) bond motifs is 1. The number of H-pyrrole nitrogens is 1. The van der Waals surface area contributed by atoms with E-state index >= 15 is 4.39 Å². The van der Waals surface area contributed by atoms with Crippen LogP contribution in [0.5, 0.6) is 11.5 Å². The van der Waals surface area contributed by atoms with Gasteiger partial charge in [-0.15, -0.1) is 0 Å². The third-order valence-corrected chi connectivity index (χ3v) is 13.0. The van der Waals surface area contributed by atoms with Crippen molar-refractivity contribution in [2.45, 2.75) is 50.5 Å². The number of ether oxygens (including phenoxy) is 3. The van der Waals surface area contributed by atoms with Crippen molar-refractivity contribution in [1.82, 2.24) is 19.6 Å². The van der Waals surface area contributed by atoms with Crippen LogP contribution >= 0.6 is 11.6 Å². The summed E-state index contributed by atoms with van der Waals surface area (Å²) < 4.78 is 61.8. The number of allylic oxidation sites excluding steroid dienone is 1. The Labute approximate surface area is 363 Å². The van der Waals surface area contributed by atoms with E-state index in [1.807, 2.05) is 6.07 Å². The lowest BCUT2D eigenvalue weighted by Crippen LogP contribution is -2.34. The Kier molecular flexibility index (Phi) is 12.5. The molecule has 0 saturated carbocycles. The van der Waals surface area contributed by atoms with Crippen LogP contribution in [0.4, 0.5) is 15.8 Å². The number of aromatic nitrogens is 2. The highest BCUT2D eigenvalue weighted by molar-refractivity contribution is 7.90. The third kappa shape index (κ3) is 9.85. The molecule has 1 amide bonds. The number of anilines is 1.